The van der Waals surface area contributed by atoms with Crippen LogP contribution in [0.1, 0.15) is 11.1 Å². The zero-order valence-electron chi connectivity index (χ0n) is 10.6. The first-order valence-electron chi connectivity index (χ1n) is 5.79. The lowest BCUT2D eigenvalue weighted by Crippen LogP contribution is -2.11. The summed E-state index contributed by atoms with van der Waals surface area (Å²) in [6.07, 6.45) is 0. The molecule has 0 aliphatic rings. The molecule has 0 heterocycles. The van der Waals surface area contributed by atoms with Crippen molar-refractivity contribution in [3.8, 4) is 23.6 Å². The fourth-order valence-corrected chi connectivity index (χ4v) is 2.00. The van der Waals surface area contributed by atoms with E-state index in [1.807, 2.05) is 12.1 Å². The van der Waals surface area contributed by atoms with E-state index in [0.29, 0.717) is 32.7 Å². The molecular weight excluding hydrogens is 310 g/mol. The van der Waals surface area contributed by atoms with Crippen molar-refractivity contribution in [1.82, 2.24) is 0 Å². The maximum absolute atomic E-state index is 8.74. The molecule has 0 saturated carbocycles. The SMILES string of the molecule is N#Cc1ccc(OBOc2ccc(C#N)cc2Cl)c(Cl)c1. The van der Waals surface area contributed by atoms with Gasteiger partial charge in [0.15, 0.2) is 0 Å². The Bertz CT molecular complexity index is 690. The summed E-state index contributed by atoms with van der Waals surface area (Å²) < 4.78 is 10.7. The maximum atomic E-state index is 8.74. The van der Waals surface area contributed by atoms with Gasteiger partial charge in [0.05, 0.1) is 33.3 Å². The molecule has 2 aromatic rings. The number of hydrogen-bond acceptors (Lipinski definition) is 4. The third-order valence-electron chi connectivity index (χ3n) is 2.55. The molecule has 0 aliphatic heterocycles. The highest BCUT2D eigenvalue weighted by molar-refractivity contribution is 6.34. The van der Waals surface area contributed by atoms with E-state index >= 15 is 0 Å². The zero-order valence-corrected chi connectivity index (χ0v) is 12.1. The van der Waals surface area contributed by atoms with Gasteiger partial charge in [0.1, 0.15) is 11.5 Å². The van der Waals surface area contributed by atoms with E-state index in [2.05, 4.69) is 0 Å². The van der Waals surface area contributed by atoms with E-state index in [4.69, 9.17) is 43.0 Å². The van der Waals surface area contributed by atoms with Crippen molar-refractivity contribution in [1.29, 1.82) is 10.5 Å². The molecule has 0 aliphatic carbocycles. The van der Waals surface area contributed by atoms with Crippen molar-refractivity contribution >= 4 is 30.9 Å². The second-order valence-electron chi connectivity index (χ2n) is 3.92. The molecule has 2 aromatic carbocycles. The molecule has 7 heteroatoms. The van der Waals surface area contributed by atoms with Crippen LogP contribution in [-0.4, -0.2) is 7.69 Å². The van der Waals surface area contributed by atoms with E-state index in [1.165, 1.54) is 12.1 Å². The van der Waals surface area contributed by atoms with Crippen LogP contribution in [0.25, 0.3) is 0 Å². The first kappa shape index (κ1) is 15.1. The molecule has 0 N–H and O–H groups in total. The van der Waals surface area contributed by atoms with E-state index < -0.39 is 0 Å². The van der Waals surface area contributed by atoms with E-state index in [0.717, 1.165) is 0 Å². The number of nitrogens with zero attached hydrogens (tertiary/aromatic N) is 2. The predicted octanol–water partition coefficient (Wildman–Crippen LogP) is 3.46. The molecule has 0 unspecified atom stereocenters. The summed E-state index contributed by atoms with van der Waals surface area (Å²) in [7, 11) is -0.1000. The van der Waals surface area contributed by atoms with Gasteiger partial charge in [-0.05, 0) is 36.4 Å². The fourth-order valence-electron chi connectivity index (χ4n) is 1.53. The minimum absolute atomic E-state index is 0.1000. The molecule has 0 saturated heterocycles. The van der Waals surface area contributed by atoms with Crippen molar-refractivity contribution in [3.63, 3.8) is 0 Å². The summed E-state index contributed by atoms with van der Waals surface area (Å²) in [5, 5.41) is 18.1. The van der Waals surface area contributed by atoms with Crippen LogP contribution in [0, 0.1) is 22.7 Å². The summed E-state index contributed by atoms with van der Waals surface area (Å²) in [4.78, 5) is 0. The number of rotatable bonds is 4. The average molecular weight is 317 g/mol. The third kappa shape index (κ3) is 3.82. The average Bonchev–Trinajstić information content (AvgIpc) is 2.50. The van der Waals surface area contributed by atoms with Gasteiger partial charge in [-0.1, -0.05) is 23.2 Å². The van der Waals surface area contributed by atoms with Gasteiger partial charge in [-0.2, -0.15) is 10.5 Å². The van der Waals surface area contributed by atoms with Crippen LogP contribution in [0.3, 0.4) is 0 Å². The molecule has 0 radical (unpaired) electrons. The summed E-state index contributed by atoms with van der Waals surface area (Å²) in [6, 6.07) is 13.3. The maximum Gasteiger partial charge on any atom is 0.576 e. The largest absolute Gasteiger partial charge is 0.576 e. The molecule has 0 atom stereocenters. The molecule has 0 aromatic heterocycles. The minimum atomic E-state index is -0.1000. The van der Waals surface area contributed by atoms with Gasteiger partial charge in [-0.25, -0.2) is 0 Å². The number of nitriles is 2. The Hall–Kier alpha value is -2.34. The predicted molar refractivity (Wildman–Crippen MR) is 80.7 cm³/mol. The van der Waals surface area contributed by atoms with Gasteiger partial charge < -0.3 is 9.31 Å². The van der Waals surface area contributed by atoms with E-state index in [-0.39, 0.29) is 7.69 Å². The summed E-state index contributed by atoms with van der Waals surface area (Å²) in [6.45, 7) is 0. The highest BCUT2D eigenvalue weighted by atomic mass is 35.5. The normalized spacial score (nSPS) is 9.33. The monoisotopic (exact) mass is 316 g/mol. The van der Waals surface area contributed by atoms with Crippen molar-refractivity contribution in [3.05, 3.63) is 57.6 Å². The van der Waals surface area contributed by atoms with Gasteiger partial charge in [-0.15, -0.1) is 0 Å². The summed E-state index contributed by atoms with van der Waals surface area (Å²) in [5.41, 5.74) is 0.895. The van der Waals surface area contributed by atoms with Gasteiger partial charge >= 0.3 is 7.69 Å². The van der Waals surface area contributed by atoms with E-state index in [1.54, 1.807) is 24.3 Å². The molecule has 0 amide bonds. The van der Waals surface area contributed by atoms with Gasteiger partial charge in [-0.3, -0.25) is 0 Å². The topological polar surface area (TPSA) is 66.0 Å². The molecule has 0 bridgehead atoms. The molecule has 4 nitrogen and oxygen atoms in total. The Labute approximate surface area is 132 Å². The van der Waals surface area contributed by atoms with Gasteiger partial charge in [0.25, 0.3) is 0 Å². The van der Waals surface area contributed by atoms with Crippen molar-refractivity contribution in [2.75, 3.05) is 0 Å². The van der Waals surface area contributed by atoms with E-state index in [9.17, 15) is 0 Å². The Morgan fingerprint density at radius 3 is 1.57 bits per heavy atom. The van der Waals surface area contributed by atoms with Crippen molar-refractivity contribution < 1.29 is 9.31 Å². The Morgan fingerprint density at radius 1 is 0.810 bits per heavy atom. The molecule has 0 fully saturated rings. The lowest BCUT2D eigenvalue weighted by molar-refractivity contribution is 0.459. The quantitative estimate of drug-likeness (QED) is 0.810. The molecule has 21 heavy (non-hydrogen) atoms. The van der Waals surface area contributed by atoms with Gasteiger partial charge in [0, 0.05) is 0 Å². The first-order valence-corrected chi connectivity index (χ1v) is 6.54. The molecule has 102 valence electrons. The second-order valence-corrected chi connectivity index (χ2v) is 4.73. The van der Waals surface area contributed by atoms with Crippen LogP contribution in [0.2, 0.25) is 10.0 Å². The van der Waals surface area contributed by atoms with Crippen LogP contribution >= 0.6 is 23.2 Å². The lowest BCUT2D eigenvalue weighted by Gasteiger charge is -2.10. The Morgan fingerprint density at radius 2 is 1.24 bits per heavy atom. The van der Waals surface area contributed by atoms with Crippen LogP contribution in [-0.2, 0) is 0 Å². The Balaban J connectivity index is 1.99. The van der Waals surface area contributed by atoms with Crippen LogP contribution < -0.4 is 9.31 Å². The number of hydrogen-bond donors (Lipinski definition) is 0. The third-order valence-corrected chi connectivity index (χ3v) is 3.14. The first-order chi connectivity index (χ1) is 10.1. The smallest absolute Gasteiger partial charge is 0.527 e. The van der Waals surface area contributed by atoms with Gasteiger partial charge in [0.2, 0.25) is 0 Å². The number of benzene rings is 2. The van der Waals surface area contributed by atoms with Crippen molar-refractivity contribution in [2.24, 2.45) is 0 Å². The second kappa shape index (κ2) is 6.90. The molecular formula is C14H7BCl2N2O2. The summed E-state index contributed by atoms with van der Waals surface area (Å²) in [5.74, 6) is 0.806. The summed E-state index contributed by atoms with van der Waals surface area (Å²) >= 11 is 11.9. The minimum Gasteiger partial charge on any atom is -0.527 e. The van der Waals surface area contributed by atoms with Crippen LogP contribution in [0.4, 0.5) is 0 Å². The van der Waals surface area contributed by atoms with Crippen molar-refractivity contribution in [2.45, 2.75) is 0 Å². The molecule has 2 rings (SSSR count). The lowest BCUT2D eigenvalue weighted by atomic mass is 10.2. The standard InChI is InChI=1S/C14H7BCl2N2O2/c16-11-5-9(7-18)1-3-13(11)20-15-21-14-4-2-10(8-19)6-12(14)17/h1-6,15H. The van der Waals surface area contributed by atoms with Crippen LogP contribution in [0.15, 0.2) is 36.4 Å². The highest BCUT2D eigenvalue weighted by Crippen LogP contribution is 2.27. The zero-order chi connectivity index (χ0) is 15.2. The Kier molecular flexibility index (Phi) is 4.95. The fraction of sp³-hybridized carbons (Fsp3) is 0. The number of halogens is 2. The highest BCUT2D eigenvalue weighted by Gasteiger charge is 2.07. The molecule has 0 spiro atoms. The van der Waals surface area contributed by atoms with Crippen LogP contribution in [0.5, 0.6) is 11.5 Å².